The Morgan fingerprint density at radius 1 is 1.19 bits per heavy atom. The first-order valence-electron chi connectivity index (χ1n) is 9.28. The average Bonchev–Trinajstić information content (AvgIpc) is 2.72. The van der Waals surface area contributed by atoms with E-state index in [4.69, 9.17) is 11.0 Å². The van der Waals surface area contributed by atoms with Crippen LogP contribution in [-0.2, 0) is 11.0 Å². The summed E-state index contributed by atoms with van der Waals surface area (Å²) in [5, 5.41) is 12.1. The van der Waals surface area contributed by atoms with E-state index in [1.54, 1.807) is 18.2 Å². The Bertz CT molecular complexity index is 1050. The van der Waals surface area contributed by atoms with Gasteiger partial charge in [-0.3, -0.25) is 4.79 Å². The Morgan fingerprint density at radius 3 is 2.58 bits per heavy atom. The number of benzene rings is 2. The Hall–Kier alpha value is -2.47. The van der Waals surface area contributed by atoms with Crippen LogP contribution < -0.4 is 11.1 Å². The molecule has 9 heteroatoms. The number of Topliss-reactive ketones (excluding diaryl/α,β-unsaturated/α-hetero) is 1. The van der Waals surface area contributed by atoms with E-state index in [2.05, 4.69) is 11.4 Å². The van der Waals surface area contributed by atoms with Gasteiger partial charge in [-0.2, -0.15) is 18.4 Å². The lowest BCUT2D eigenvalue weighted by Gasteiger charge is -2.26. The van der Waals surface area contributed by atoms with Crippen molar-refractivity contribution in [2.75, 3.05) is 11.6 Å². The van der Waals surface area contributed by atoms with Crippen molar-refractivity contribution >= 4 is 35.6 Å². The van der Waals surface area contributed by atoms with Crippen molar-refractivity contribution < 1.29 is 18.0 Å². The van der Waals surface area contributed by atoms with Crippen molar-refractivity contribution in [2.45, 2.75) is 36.4 Å². The predicted octanol–water partition coefficient (Wildman–Crippen LogP) is 5.84. The normalized spacial score (nSPS) is 15.2. The molecule has 0 radical (unpaired) electrons. The summed E-state index contributed by atoms with van der Waals surface area (Å²) in [6.45, 7) is 0. The van der Waals surface area contributed by atoms with E-state index in [1.165, 1.54) is 23.9 Å². The van der Waals surface area contributed by atoms with Crippen LogP contribution in [0.3, 0.4) is 0 Å². The van der Waals surface area contributed by atoms with Gasteiger partial charge in [0.25, 0.3) is 0 Å². The molecule has 0 aromatic heterocycles. The first kappa shape index (κ1) is 24.8. The minimum Gasteiger partial charge on any atom is -0.358 e. The number of halogens is 4. The molecule has 0 bridgehead atoms. The molecule has 31 heavy (non-hydrogen) atoms. The quantitative estimate of drug-likeness (QED) is 0.540. The molecule has 2 aromatic rings. The van der Waals surface area contributed by atoms with E-state index in [0.717, 1.165) is 17.0 Å². The zero-order valence-electron chi connectivity index (χ0n) is 16.6. The van der Waals surface area contributed by atoms with Crippen LogP contribution in [-0.4, -0.2) is 12.0 Å². The smallest absolute Gasteiger partial charge is 0.358 e. The van der Waals surface area contributed by atoms with Crippen LogP contribution in [0.4, 0.5) is 18.9 Å². The van der Waals surface area contributed by atoms with Crippen molar-refractivity contribution in [2.24, 2.45) is 5.73 Å². The summed E-state index contributed by atoms with van der Waals surface area (Å²) in [4.78, 5) is 13.5. The predicted molar refractivity (Wildman–Crippen MR) is 118 cm³/mol. The van der Waals surface area contributed by atoms with Gasteiger partial charge in [0.2, 0.25) is 0 Å². The second-order valence-corrected chi connectivity index (χ2v) is 7.77. The Balaban J connectivity index is 0.00000341. The summed E-state index contributed by atoms with van der Waals surface area (Å²) in [5.74, 6) is -0.125. The SMILES string of the molecule is CSc1cc(C#N)ccc1C(N)C1=C(Nc2cccc(C(F)(F)F)c2)CCCC1=O.Cl. The number of nitrogens with zero attached hydrogens (tertiary/aromatic N) is 1. The van der Waals surface area contributed by atoms with Gasteiger partial charge >= 0.3 is 6.18 Å². The minimum absolute atomic E-state index is 0. The number of nitrogens with two attached hydrogens (primary N) is 1. The maximum absolute atomic E-state index is 13.0. The van der Waals surface area contributed by atoms with Crippen molar-refractivity contribution in [1.29, 1.82) is 5.26 Å². The summed E-state index contributed by atoms with van der Waals surface area (Å²) in [5.41, 5.74) is 8.07. The van der Waals surface area contributed by atoms with Crippen molar-refractivity contribution in [3.63, 3.8) is 0 Å². The van der Waals surface area contributed by atoms with Crippen LogP contribution in [0.15, 0.2) is 58.6 Å². The number of rotatable bonds is 5. The van der Waals surface area contributed by atoms with E-state index >= 15 is 0 Å². The molecule has 0 saturated heterocycles. The van der Waals surface area contributed by atoms with E-state index in [0.29, 0.717) is 41.7 Å². The number of nitrogens with one attached hydrogen (secondary N) is 1. The number of ketones is 1. The van der Waals surface area contributed by atoms with Gasteiger partial charge in [0, 0.05) is 28.3 Å². The van der Waals surface area contributed by atoms with Gasteiger partial charge in [-0.1, -0.05) is 12.1 Å². The first-order chi connectivity index (χ1) is 14.2. The van der Waals surface area contributed by atoms with Gasteiger partial charge in [-0.15, -0.1) is 24.2 Å². The molecular weight excluding hydrogens is 447 g/mol. The highest BCUT2D eigenvalue weighted by Gasteiger charge is 2.31. The molecule has 3 rings (SSSR count). The first-order valence-corrected chi connectivity index (χ1v) is 10.5. The molecule has 2 aromatic carbocycles. The summed E-state index contributed by atoms with van der Waals surface area (Å²) in [7, 11) is 0. The molecule has 1 atom stereocenters. The zero-order valence-corrected chi connectivity index (χ0v) is 18.3. The topological polar surface area (TPSA) is 78.9 Å². The fraction of sp³-hybridized carbons (Fsp3) is 0.273. The van der Waals surface area contributed by atoms with Crippen LogP contribution >= 0.6 is 24.2 Å². The molecule has 0 spiro atoms. The van der Waals surface area contributed by atoms with Crippen molar-refractivity contribution in [1.82, 2.24) is 0 Å². The number of hydrogen-bond donors (Lipinski definition) is 2. The fourth-order valence-corrected chi connectivity index (χ4v) is 4.17. The monoisotopic (exact) mass is 467 g/mol. The van der Waals surface area contributed by atoms with E-state index in [1.807, 2.05) is 6.26 Å². The fourth-order valence-electron chi connectivity index (χ4n) is 3.49. The molecule has 0 amide bonds. The number of nitriles is 1. The number of thioether (sulfide) groups is 1. The second-order valence-electron chi connectivity index (χ2n) is 6.92. The van der Waals surface area contributed by atoms with E-state index in [-0.39, 0.29) is 23.9 Å². The van der Waals surface area contributed by atoms with Gasteiger partial charge in [-0.05, 0) is 55.0 Å². The third kappa shape index (κ3) is 5.62. The standard InChI is InChI=1S/C22H20F3N3OS.ClH/c1-30-19-10-13(12-26)8-9-16(19)21(27)20-17(6-3-7-18(20)29)28-15-5-2-4-14(11-15)22(23,24)25;/h2,4-5,8-11,21,28H,3,6-7,27H2,1H3;1H. The van der Waals surface area contributed by atoms with Gasteiger partial charge < -0.3 is 11.1 Å². The Morgan fingerprint density at radius 2 is 1.94 bits per heavy atom. The van der Waals surface area contributed by atoms with Gasteiger partial charge in [0.05, 0.1) is 23.2 Å². The lowest BCUT2D eigenvalue weighted by Crippen LogP contribution is -2.26. The maximum Gasteiger partial charge on any atom is 0.416 e. The molecule has 4 nitrogen and oxygen atoms in total. The van der Waals surface area contributed by atoms with Crippen LogP contribution in [0.2, 0.25) is 0 Å². The summed E-state index contributed by atoms with van der Waals surface area (Å²) in [6.07, 6.45) is -1.16. The number of anilines is 1. The minimum atomic E-state index is -4.45. The molecule has 0 fully saturated rings. The number of allylic oxidation sites excluding steroid dienone is 1. The van der Waals surface area contributed by atoms with Crippen LogP contribution in [0.25, 0.3) is 0 Å². The third-order valence-electron chi connectivity index (χ3n) is 4.95. The number of carbonyl (C=O) groups is 1. The van der Waals surface area contributed by atoms with Crippen LogP contribution in [0.1, 0.15) is 42.0 Å². The molecule has 1 aliphatic rings. The highest BCUT2D eigenvalue weighted by Crippen LogP contribution is 2.36. The lowest BCUT2D eigenvalue weighted by molar-refractivity contribution is -0.137. The van der Waals surface area contributed by atoms with E-state index in [9.17, 15) is 18.0 Å². The Labute approximate surface area is 189 Å². The summed E-state index contributed by atoms with van der Waals surface area (Å²) in [6, 6.07) is 11.3. The zero-order chi connectivity index (χ0) is 21.9. The maximum atomic E-state index is 13.0. The summed E-state index contributed by atoms with van der Waals surface area (Å²) < 4.78 is 39.1. The van der Waals surface area contributed by atoms with Crippen molar-refractivity contribution in [3.05, 3.63) is 70.4 Å². The van der Waals surface area contributed by atoms with Gasteiger partial charge in [-0.25, -0.2) is 0 Å². The number of alkyl halides is 3. The van der Waals surface area contributed by atoms with Gasteiger partial charge in [0.1, 0.15) is 0 Å². The van der Waals surface area contributed by atoms with Gasteiger partial charge in [0.15, 0.2) is 5.78 Å². The Kier molecular flexibility index (Phi) is 8.18. The highest BCUT2D eigenvalue weighted by atomic mass is 35.5. The molecule has 0 heterocycles. The highest BCUT2D eigenvalue weighted by molar-refractivity contribution is 7.98. The molecule has 0 aliphatic heterocycles. The van der Waals surface area contributed by atoms with E-state index < -0.39 is 17.8 Å². The molecule has 164 valence electrons. The number of carbonyl (C=O) groups excluding carboxylic acids is 1. The summed E-state index contributed by atoms with van der Waals surface area (Å²) >= 11 is 1.42. The average molecular weight is 468 g/mol. The lowest BCUT2D eigenvalue weighted by atomic mass is 9.86. The van der Waals surface area contributed by atoms with Crippen LogP contribution in [0.5, 0.6) is 0 Å². The molecule has 1 unspecified atom stereocenters. The molecular formula is C22H21ClF3N3OS. The molecule has 1 aliphatic carbocycles. The van der Waals surface area contributed by atoms with Crippen molar-refractivity contribution in [3.8, 4) is 6.07 Å². The molecule has 0 saturated carbocycles. The number of hydrogen-bond acceptors (Lipinski definition) is 5. The largest absolute Gasteiger partial charge is 0.416 e. The second kappa shape index (κ2) is 10.2. The molecule has 3 N–H and O–H groups in total. The van der Waals surface area contributed by atoms with Crippen LogP contribution in [0, 0.1) is 11.3 Å². The third-order valence-corrected chi connectivity index (χ3v) is 5.74.